The molecular formula is C27H28N4O3S. The number of benzene rings is 1. The van der Waals surface area contributed by atoms with Gasteiger partial charge < -0.3 is 15.0 Å². The van der Waals surface area contributed by atoms with Crippen molar-refractivity contribution in [1.29, 1.82) is 5.26 Å². The monoisotopic (exact) mass is 488 g/mol. The van der Waals surface area contributed by atoms with E-state index in [2.05, 4.69) is 16.4 Å². The summed E-state index contributed by atoms with van der Waals surface area (Å²) in [6.45, 7) is 1.14. The molecule has 2 aromatic rings. The lowest BCUT2D eigenvalue weighted by atomic mass is 9.94. The minimum atomic E-state index is -0.347. The third kappa shape index (κ3) is 5.06. The molecule has 180 valence electrons. The van der Waals surface area contributed by atoms with Gasteiger partial charge in [0.15, 0.2) is 0 Å². The normalized spacial score (nSPS) is 25.0. The fourth-order valence-electron chi connectivity index (χ4n) is 4.99. The van der Waals surface area contributed by atoms with E-state index in [0.717, 1.165) is 33.8 Å². The average molecular weight is 489 g/mol. The zero-order valence-electron chi connectivity index (χ0n) is 19.6. The first kappa shape index (κ1) is 23.4. The number of pyridine rings is 1. The highest BCUT2D eigenvalue weighted by molar-refractivity contribution is 8.04. The Bertz CT molecular complexity index is 1190. The van der Waals surface area contributed by atoms with E-state index >= 15 is 0 Å². The molecular weight excluding hydrogens is 460 g/mol. The average Bonchev–Trinajstić information content (AvgIpc) is 3.63. The van der Waals surface area contributed by atoms with Crippen LogP contribution in [0.1, 0.15) is 36.3 Å². The van der Waals surface area contributed by atoms with Crippen LogP contribution >= 0.6 is 11.8 Å². The van der Waals surface area contributed by atoms with Crippen LogP contribution in [0, 0.1) is 23.2 Å². The Hall–Kier alpha value is -3.31. The molecule has 35 heavy (non-hydrogen) atoms. The number of nitrogens with one attached hydrogen (secondary N) is 1. The van der Waals surface area contributed by atoms with Crippen LogP contribution in [0.15, 0.2) is 59.3 Å². The van der Waals surface area contributed by atoms with Crippen molar-refractivity contribution in [2.75, 3.05) is 20.2 Å². The maximum absolute atomic E-state index is 13.0. The SMILES string of the molecule is COc1cccc(C2CC2C(=O)NC2SC3=C(CCN(C(=O)CCc4cccnc4)C3)C2C#N)c1. The summed E-state index contributed by atoms with van der Waals surface area (Å²) in [5.74, 6) is 0.667. The van der Waals surface area contributed by atoms with Crippen LogP contribution in [0.4, 0.5) is 0 Å². The molecule has 0 saturated heterocycles. The largest absolute Gasteiger partial charge is 0.497 e. The number of aryl methyl sites for hydroxylation is 1. The van der Waals surface area contributed by atoms with Gasteiger partial charge in [-0.15, -0.1) is 11.8 Å². The van der Waals surface area contributed by atoms with Gasteiger partial charge in [0, 0.05) is 36.2 Å². The highest BCUT2D eigenvalue weighted by atomic mass is 32.2. The van der Waals surface area contributed by atoms with Crippen LogP contribution in [0.5, 0.6) is 5.75 Å². The zero-order chi connectivity index (χ0) is 24.4. The lowest BCUT2D eigenvalue weighted by molar-refractivity contribution is -0.130. The van der Waals surface area contributed by atoms with Gasteiger partial charge in [0.1, 0.15) is 5.75 Å². The molecule has 2 aliphatic heterocycles. The first-order valence-corrected chi connectivity index (χ1v) is 12.8. The predicted octanol–water partition coefficient (Wildman–Crippen LogP) is 3.64. The summed E-state index contributed by atoms with van der Waals surface area (Å²) in [5, 5.41) is 12.7. The van der Waals surface area contributed by atoms with Gasteiger partial charge in [-0.3, -0.25) is 14.6 Å². The summed E-state index contributed by atoms with van der Waals surface area (Å²) in [6.07, 6.45) is 6.11. The number of thioether (sulfide) groups is 1. The van der Waals surface area contributed by atoms with E-state index in [4.69, 9.17) is 4.74 Å². The maximum atomic E-state index is 13.0. The molecule has 5 rings (SSSR count). The highest BCUT2D eigenvalue weighted by Gasteiger charge is 2.47. The molecule has 1 aliphatic carbocycles. The summed E-state index contributed by atoms with van der Waals surface area (Å²) < 4.78 is 5.31. The maximum Gasteiger partial charge on any atom is 0.224 e. The summed E-state index contributed by atoms with van der Waals surface area (Å²) in [5.41, 5.74) is 3.24. The number of ether oxygens (including phenoxy) is 1. The van der Waals surface area contributed by atoms with Gasteiger partial charge in [0.05, 0.1) is 31.0 Å². The number of nitrogens with zero attached hydrogens (tertiary/aromatic N) is 3. The van der Waals surface area contributed by atoms with Gasteiger partial charge in [-0.05, 0) is 60.1 Å². The Labute approximate surface area is 209 Å². The topological polar surface area (TPSA) is 95.3 Å². The highest BCUT2D eigenvalue weighted by Crippen LogP contribution is 2.50. The Morgan fingerprint density at radius 2 is 2.20 bits per heavy atom. The number of methoxy groups -OCH3 is 1. The number of nitriles is 1. The summed E-state index contributed by atoms with van der Waals surface area (Å²) >= 11 is 1.54. The second-order valence-corrected chi connectivity index (χ2v) is 10.5. The fourth-order valence-corrected chi connectivity index (χ4v) is 6.45. The van der Waals surface area contributed by atoms with Gasteiger partial charge in [-0.2, -0.15) is 5.26 Å². The molecule has 2 amide bonds. The minimum Gasteiger partial charge on any atom is -0.497 e. The van der Waals surface area contributed by atoms with Gasteiger partial charge in [-0.1, -0.05) is 18.2 Å². The van der Waals surface area contributed by atoms with E-state index in [-0.39, 0.29) is 34.9 Å². The van der Waals surface area contributed by atoms with Crippen molar-refractivity contribution in [2.24, 2.45) is 11.8 Å². The van der Waals surface area contributed by atoms with Gasteiger partial charge in [0.2, 0.25) is 11.8 Å². The molecule has 3 heterocycles. The fraction of sp³-hybridized carbons (Fsp3) is 0.407. The van der Waals surface area contributed by atoms with Crippen molar-refractivity contribution in [3.8, 4) is 11.8 Å². The Balaban J connectivity index is 1.16. The number of aromatic nitrogens is 1. The standard InChI is InChI=1S/C27H28N4O3S/c1-34-19-6-2-5-18(12-19)21-13-22(21)26(33)30-27-23(14-28)20-9-11-31(16-24(20)35-27)25(32)8-7-17-4-3-10-29-15-17/h2-6,10,12,15,21-23,27H,7-9,11,13,16H2,1H3,(H,30,33). The van der Waals surface area contributed by atoms with Crippen LogP contribution in [0.2, 0.25) is 0 Å². The van der Waals surface area contributed by atoms with Gasteiger partial charge in [-0.25, -0.2) is 0 Å². The van der Waals surface area contributed by atoms with Crippen molar-refractivity contribution >= 4 is 23.6 Å². The van der Waals surface area contributed by atoms with Gasteiger partial charge >= 0.3 is 0 Å². The van der Waals surface area contributed by atoms with Crippen LogP contribution in [-0.4, -0.2) is 47.3 Å². The molecule has 3 aliphatic rings. The number of hydrogen-bond acceptors (Lipinski definition) is 6. The number of hydrogen-bond donors (Lipinski definition) is 1. The molecule has 1 fully saturated rings. The van der Waals surface area contributed by atoms with E-state index in [9.17, 15) is 14.9 Å². The number of carbonyl (C=O) groups is 2. The second-order valence-electron chi connectivity index (χ2n) is 9.25. The van der Waals surface area contributed by atoms with E-state index in [1.54, 1.807) is 31.3 Å². The van der Waals surface area contributed by atoms with E-state index in [1.165, 1.54) is 0 Å². The summed E-state index contributed by atoms with van der Waals surface area (Å²) in [6, 6.07) is 14.1. The van der Waals surface area contributed by atoms with Crippen LogP contribution in [0.25, 0.3) is 0 Å². The van der Waals surface area contributed by atoms with E-state index in [1.807, 2.05) is 41.3 Å². The van der Waals surface area contributed by atoms with E-state index in [0.29, 0.717) is 32.4 Å². The molecule has 4 atom stereocenters. The first-order valence-electron chi connectivity index (χ1n) is 12.0. The van der Waals surface area contributed by atoms with Gasteiger partial charge in [0.25, 0.3) is 0 Å². The van der Waals surface area contributed by atoms with Crippen molar-refractivity contribution in [3.05, 3.63) is 70.4 Å². The predicted molar refractivity (Wildman–Crippen MR) is 133 cm³/mol. The van der Waals surface area contributed by atoms with Crippen LogP contribution in [-0.2, 0) is 16.0 Å². The van der Waals surface area contributed by atoms with Crippen molar-refractivity contribution in [3.63, 3.8) is 0 Å². The van der Waals surface area contributed by atoms with E-state index < -0.39 is 0 Å². The molecule has 1 aromatic heterocycles. The zero-order valence-corrected chi connectivity index (χ0v) is 20.5. The smallest absolute Gasteiger partial charge is 0.224 e. The molecule has 8 heteroatoms. The minimum absolute atomic E-state index is 0.000167. The van der Waals surface area contributed by atoms with Crippen molar-refractivity contribution < 1.29 is 14.3 Å². The third-order valence-corrected chi connectivity index (χ3v) is 8.39. The van der Waals surface area contributed by atoms with Crippen LogP contribution < -0.4 is 10.1 Å². The molecule has 1 saturated carbocycles. The van der Waals surface area contributed by atoms with Crippen molar-refractivity contribution in [1.82, 2.24) is 15.2 Å². The number of carbonyl (C=O) groups excluding carboxylic acids is 2. The Morgan fingerprint density at radius 1 is 1.31 bits per heavy atom. The molecule has 1 N–H and O–H groups in total. The lowest BCUT2D eigenvalue weighted by Crippen LogP contribution is -2.38. The molecule has 7 nitrogen and oxygen atoms in total. The molecule has 0 radical (unpaired) electrons. The molecule has 0 spiro atoms. The van der Waals surface area contributed by atoms with Crippen LogP contribution in [0.3, 0.4) is 0 Å². The molecule has 0 bridgehead atoms. The third-order valence-electron chi connectivity index (χ3n) is 7.07. The lowest BCUT2D eigenvalue weighted by Gasteiger charge is -2.28. The molecule has 1 aromatic carbocycles. The van der Waals surface area contributed by atoms with Crippen molar-refractivity contribution in [2.45, 2.75) is 37.0 Å². The first-order chi connectivity index (χ1) is 17.1. The Kier molecular flexibility index (Phi) is 6.78. The quantitative estimate of drug-likeness (QED) is 0.639. The Morgan fingerprint density at radius 3 is 2.97 bits per heavy atom. The molecule has 4 unspecified atom stereocenters. The summed E-state index contributed by atoms with van der Waals surface area (Å²) in [7, 11) is 1.64. The number of rotatable bonds is 7. The second kappa shape index (κ2) is 10.1. The number of amides is 2. The summed E-state index contributed by atoms with van der Waals surface area (Å²) in [4.78, 5) is 32.9.